The third kappa shape index (κ3) is 7.71. The number of benzene rings is 1. The van der Waals surface area contributed by atoms with Gasteiger partial charge in [-0.05, 0) is 43.0 Å². The Bertz CT molecular complexity index is 458. The van der Waals surface area contributed by atoms with Crippen LogP contribution in [-0.4, -0.2) is 24.9 Å². The molecule has 21 heavy (non-hydrogen) atoms. The molecule has 2 N–H and O–H groups in total. The van der Waals surface area contributed by atoms with E-state index in [-0.39, 0.29) is 11.8 Å². The molecule has 0 heterocycles. The zero-order chi connectivity index (χ0) is 15.7. The summed E-state index contributed by atoms with van der Waals surface area (Å²) in [6, 6.07) is 6.76. The number of unbranched alkanes of at least 4 members (excludes halogenated alkanes) is 1. The first kappa shape index (κ1) is 17.5. The molecule has 0 bridgehead atoms. The summed E-state index contributed by atoms with van der Waals surface area (Å²) in [7, 11) is 0. The van der Waals surface area contributed by atoms with E-state index in [0.29, 0.717) is 36.0 Å². The summed E-state index contributed by atoms with van der Waals surface area (Å²) >= 11 is 5.77. The second kappa shape index (κ2) is 9.40. The van der Waals surface area contributed by atoms with Crippen molar-refractivity contribution in [3.63, 3.8) is 0 Å². The van der Waals surface area contributed by atoms with Crippen LogP contribution in [0.4, 0.5) is 0 Å². The molecule has 0 spiro atoms. The maximum Gasteiger partial charge on any atom is 0.251 e. The van der Waals surface area contributed by atoms with E-state index in [2.05, 4.69) is 24.5 Å². The second-order valence-corrected chi connectivity index (χ2v) is 5.85. The zero-order valence-electron chi connectivity index (χ0n) is 12.6. The van der Waals surface area contributed by atoms with Crippen molar-refractivity contribution in [1.82, 2.24) is 10.6 Å². The van der Waals surface area contributed by atoms with Crippen LogP contribution >= 0.6 is 11.6 Å². The van der Waals surface area contributed by atoms with E-state index >= 15 is 0 Å². The Morgan fingerprint density at radius 3 is 2.38 bits per heavy atom. The molecule has 0 aliphatic heterocycles. The van der Waals surface area contributed by atoms with Crippen LogP contribution in [0, 0.1) is 5.92 Å². The monoisotopic (exact) mass is 310 g/mol. The van der Waals surface area contributed by atoms with Gasteiger partial charge in [-0.25, -0.2) is 0 Å². The molecule has 0 unspecified atom stereocenters. The fourth-order valence-corrected chi connectivity index (χ4v) is 1.85. The van der Waals surface area contributed by atoms with E-state index in [1.54, 1.807) is 24.3 Å². The van der Waals surface area contributed by atoms with Gasteiger partial charge in [-0.2, -0.15) is 0 Å². The topological polar surface area (TPSA) is 58.2 Å². The molecule has 1 aromatic rings. The van der Waals surface area contributed by atoms with Gasteiger partial charge in [0, 0.05) is 30.1 Å². The summed E-state index contributed by atoms with van der Waals surface area (Å²) < 4.78 is 0. The standard InChI is InChI=1S/C16H23ClN2O2/c1-12(2)11-19-15(20)5-3-4-10-18-16(21)13-6-8-14(17)9-7-13/h6-9,12H,3-5,10-11H2,1-2H3,(H,18,21)(H,19,20). The Labute approximate surface area is 131 Å². The van der Waals surface area contributed by atoms with Gasteiger partial charge in [0.1, 0.15) is 0 Å². The number of hydrogen-bond acceptors (Lipinski definition) is 2. The molecule has 0 aromatic heterocycles. The number of rotatable bonds is 8. The molecule has 4 nitrogen and oxygen atoms in total. The van der Waals surface area contributed by atoms with Gasteiger partial charge in [-0.3, -0.25) is 9.59 Å². The molecule has 0 fully saturated rings. The van der Waals surface area contributed by atoms with Crippen molar-refractivity contribution in [1.29, 1.82) is 0 Å². The van der Waals surface area contributed by atoms with Gasteiger partial charge in [0.2, 0.25) is 5.91 Å². The Morgan fingerprint density at radius 1 is 1.10 bits per heavy atom. The maximum absolute atomic E-state index is 11.8. The Balaban J connectivity index is 2.12. The summed E-state index contributed by atoms with van der Waals surface area (Å²) in [5.74, 6) is 0.427. The van der Waals surface area contributed by atoms with Gasteiger partial charge in [0.25, 0.3) is 5.91 Å². The van der Waals surface area contributed by atoms with E-state index in [1.807, 2.05) is 0 Å². The van der Waals surface area contributed by atoms with Crippen molar-refractivity contribution in [2.45, 2.75) is 33.1 Å². The zero-order valence-corrected chi connectivity index (χ0v) is 13.4. The second-order valence-electron chi connectivity index (χ2n) is 5.42. The molecular weight excluding hydrogens is 288 g/mol. The highest BCUT2D eigenvalue weighted by molar-refractivity contribution is 6.30. The molecule has 0 saturated carbocycles. The average Bonchev–Trinajstić information content (AvgIpc) is 2.45. The molecule has 116 valence electrons. The number of hydrogen-bond donors (Lipinski definition) is 2. The third-order valence-corrected chi connectivity index (χ3v) is 3.18. The number of carbonyl (C=O) groups is 2. The fraction of sp³-hybridized carbons (Fsp3) is 0.500. The van der Waals surface area contributed by atoms with Crippen LogP contribution in [0.25, 0.3) is 0 Å². The van der Waals surface area contributed by atoms with Crippen molar-refractivity contribution < 1.29 is 9.59 Å². The molecule has 5 heteroatoms. The summed E-state index contributed by atoms with van der Waals surface area (Å²) in [5.41, 5.74) is 0.592. The predicted octanol–water partition coefficient (Wildman–Crippen LogP) is 3.01. The molecule has 0 atom stereocenters. The number of amides is 2. The quantitative estimate of drug-likeness (QED) is 0.725. The minimum Gasteiger partial charge on any atom is -0.356 e. The molecule has 0 aliphatic rings. The Hall–Kier alpha value is -1.55. The first-order valence-corrected chi connectivity index (χ1v) is 7.67. The van der Waals surface area contributed by atoms with Crippen LogP contribution in [0.1, 0.15) is 43.5 Å². The smallest absolute Gasteiger partial charge is 0.251 e. The van der Waals surface area contributed by atoms with E-state index in [0.717, 1.165) is 12.8 Å². The number of nitrogens with one attached hydrogen (secondary N) is 2. The van der Waals surface area contributed by atoms with Crippen LogP contribution < -0.4 is 10.6 Å². The lowest BCUT2D eigenvalue weighted by Crippen LogP contribution is -2.27. The van der Waals surface area contributed by atoms with Crippen molar-refractivity contribution in [3.8, 4) is 0 Å². The summed E-state index contributed by atoms with van der Waals surface area (Å²) in [6.45, 7) is 5.41. The van der Waals surface area contributed by atoms with Gasteiger partial charge in [-0.15, -0.1) is 0 Å². The Morgan fingerprint density at radius 2 is 1.76 bits per heavy atom. The Kier molecular flexibility index (Phi) is 7.83. The van der Waals surface area contributed by atoms with Crippen LogP contribution in [0.2, 0.25) is 5.02 Å². The van der Waals surface area contributed by atoms with Crippen LogP contribution in [0.15, 0.2) is 24.3 Å². The average molecular weight is 311 g/mol. The van der Waals surface area contributed by atoms with Crippen molar-refractivity contribution in [3.05, 3.63) is 34.9 Å². The first-order chi connectivity index (χ1) is 9.99. The van der Waals surface area contributed by atoms with Crippen LogP contribution in [-0.2, 0) is 4.79 Å². The van der Waals surface area contributed by atoms with E-state index in [1.165, 1.54) is 0 Å². The first-order valence-electron chi connectivity index (χ1n) is 7.29. The maximum atomic E-state index is 11.8. The number of halogens is 1. The highest BCUT2D eigenvalue weighted by Gasteiger charge is 2.05. The normalized spacial score (nSPS) is 10.5. The number of carbonyl (C=O) groups excluding carboxylic acids is 2. The molecule has 1 rings (SSSR count). The van der Waals surface area contributed by atoms with Crippen molar-refractivity contribution in [2.24, 2.45) is 5.92 Å². The molecule has 0 radical (unpaired) electrons. The molecular formula is C16H23ClN2O2. The van der Waals surface area contributed by atoms with Crippen molar-refractivity contribution in [2.75, 3.05) is 13.1 Å². The van der Waals surface area contributed by atoms with E-state index in [4.69, 9.17) is 11.6 Å². The van der Waals surface area contributed by atoms with Gasteiger partial charge in [-0.1, -0.05) is 25.4 Å². The lowest BCUT2D eigenvalue weighted by atomic mass is 10.2. The lowest BCUT2D eigenvalue weighted by Gasteiger charge is -2.08. The van der Waals surface area contributed by atoms with Gasteiger partial charge in [0.05, 0.1) is 0 Å². The molecule has 0 aliphatic carbocycles. The molecule has 0 saturated heterocycles. The van der Waals surface area contributed by atoms with E-state index in [9.17, 15) is 9.59 Å². The molecule has 2 amide bonds. The van der Waals surface area contributed by atoms with Crippen LogP contribution in [0.3, 0.4) is 0 Å². The minimum atomic E-state index is -0.115. The summed E-state index contributed by atoms with van der Waals surface area (Å²) in [6.07, 6.45) is 2.06. The highest BCUT2D eigenvalue weighted by Crippen LogP contribution is 2.09. The fourth-order valence-electron chi connectivity index (χ4n) is 1.72. The van der Waals surface area contributed by atoms with Gasteiger partial charge < -0.3 is 10.6 Å². The van der Waals surface area contributed by atoms with Crippen LogP contribution in [0.5, 0.6) is 0 Å². The minimum absolute atomic E-state index is 0.0766. The molecule has 1 aromatic carbocycles. The van der Waals surface area contributed by atoms with Gasteiger partial charge in [0.15, 0.2) is 0 Å². The lowest BCUT2D eigenvalue weighted by molar-refractivity contribution is -0.121. The van der Waals surface area contributed by atoms with Gasteiger partial charge >= 0.3 is 0 Å². The predicted molar refractivity (Wildman–Crippen MR) is 85.5 cm³/mol. The van der Waals surface area contributed by atoms with E-state index < -0.39 is 0 Å². The summed E-state index contributed by atoms with van der Waals surface area (Å²) in [4.78, 5) is 23.3. The van der Waals surface area contributed by atoms with Crippen molar-refractivity contribution >= 4 is 23.4 Å². The summed E-state index contributed by atoms with van der Waals surface area (Å²) in [5, 5.41) is 6.31. The third-order valence-electron chi connectivity index (χ3n) is 2.93. The largest absolute Gasteiger partial charge is 0.356 e. The highest BCUT2D eigenvalue weighted by atomic mass is 35.5. The SMILES string of the molecule is CC(C)CNC(=O)CCCCNC(=O)c1ccc(Cl)cc1.